The van der Waals surface area contributed by atoms with Crippen LogP contribution < -0.4 is 5.32 Å². The number of halogens is 7. The molecule has 3 atom stereocenters. The van der Waals surface area contributed by atoms with Gasteiger partial charge in [0.1, 0.15) is 17.4 Å². The Labute approximate surface area is 197 Å². The van der Waals surface area contributed by atoms with Crippen molar-refractivity contribution < 1.29 is 39.9 Å². The summed E-state index contributed by atoms with van der Waals surface area (Å²) in [6.07, 6.45) is -9.43. The summed E-state index contributed by atoms with van der Waals surface area (Å²) >= 11 is 0. The van der Waals surface area contributed by atoms with Crippen LogP contribution >= 0.6 is 0 Å². The highest BCUT2D eigenvalue weighted by atomic mass is 19.4. The number of fused-ring (bicyclic) bond motifs is 2. The molecule has 16 heteroatoms. The zero-order valence-corrected chi connectivity index (χ0v) is 18.2. The van der Waals surface area contributed by atoms with Crippen LogP contribution in [0.1, 0.15) is 36.6 Å². The molecular formula is C20H16F7N7O2. The minimum absolute atomic E-state index is 0.101. The van der Waals surface area contributed by atoms with Gasteiger partial charge in [-0.1, -0.05) is 0 Å². The van der Waals surface area contributed by atoms with Crippen molar-refractivity contribution in [2.75, 3.05) is 5.32 Å². The van der Waals surface area contributed by atoms with E-state index in [0.717, 1.165) is 17.0 Å². The zero-order valence-electron chi connectivity index (χ0n) is 18.2. The molecule has 0 radical (unpaired) electrons. The van der Waals surface area contributed by atoms with Gasteiger partial charge in [0.25, 0.3) is 5.95 Å². The SMILES string of the molecule is Cc1nnc(C23CC(C(F)(F)F)C[C@@H](C2)N3C(=O)Nc2ccc(C(F)(F)F)c(-n3ncc(F)n3)c2)o1. The minimum Gasteiger partial charge on any atom is -0.423 e. The quantitative estimate of drug-likeness (QED) is 0.508. The first-order valence-electron chi connectivity index (χ1n) is 10.5. The van der Waals surface area contributed by atoms with Gasteiger partial charge < -0.3 is 14.6 Å². The fourth-order valence-corrected chi connectivity index (χ4v) is 4.94. The lowest BCUT2D eigenvalue weighted by Gasteiger charge is -2.61. The maximum absolute atomic E-state index is 13.5. The Morgan fingerprint density at radius 3 is 2.50 bits per heavy atom. The molecule has 5 rings (SSSR count). The van der Waals surface area contributed by atoms with Crippen LogP contribution in [0.25, 0.3) is 5.69 Å². The predicted octanol–water partition coefficient (Wildman–Crippen LogP) is 4.59. The summed E-state index contributed by atoms with van der Waals surface area (Å²) in [5.74, 6) is -2.87. The lowest BCUT2D eigenvalue weighted by molar-refractivity contribution is -0.229. The van der Waals surface area contributed by atoms with E-state index in [1.165, 1.54) is 6.92 Å². The van der Waals surface area contributed by atoms with Crippen LogP contribution in [0.15, 0.2) is 28.8 Å². The molecule has 1 saturated heterocycles. The molecule has 3 aromatic rings. The van der Waals surface area contributed by atoms with Gasteiger partial charge >= 0.3 is 18.4 Å². The average molecular weight is 519 g/mol. The number of likely N-dealkylation sites (tertiary alicyclic amines) is 1. The largest absolute Gasteiger partial charge is 0.423 e. The van der Waals surface area contributed by atoms with Gasteiger partial charge in [0.15, 0.2) is 0 Å². The lowest BCUT2D eigenvalue weighted by atomic mass is 9.63. The summed E-state index contributed by atoms with van der Waals surface area (Å²) in [4.78, 5) is 14.8. The number of anilines is 1. The highest BCUT2D eigenvalue weighted by Crippen LogP contribution is 2.58. The van der Waals surface area contributed by atoms with Crippen LogP contribution in [-0.2, 0) is 11.7 Å². The van der Waals surface area contributed by atoms with Crippen molar-refractivity contribution in [2.45, 2.75) is 50.1 Å². The second-order valence-corrected chi connectivity index (χ2v) is 8.68. The fraction of sp³-hybridized carbons (Fsp3) is 0.450. The standard InChI is InChI=1S/C20H16F7N7O2/c1-9-30-31-16(36-9)18-6-10(19(22,23)24)4-12(7-18)33(18)17(35)29-11-2-3-13(20(25,26)27)14(5-11)34-28-8-15(21)32-34/h2-3,5,8,10,12H,4,6-7H2,1H3,(H,29,35)/t10?,12-,18?/m0/s1. The van der Waals surface area contributed by atoms with Crippen molar-refractivity contribution in [3.63, 3.8) is 0 Å². The van der Waals surface area contributed by atoms with Gasteiger partial charge in [-0.05, 0) is 31.0 Å². The molecule has 2 aliphatic rings. The Morgan fingerprint density at radius 1 is 1.17 bits per heavy atom. The Morgan fingerprint density at radius 2 is 1.92 bits per heavy atom. The Bertz CT molecular complexity index is 1320. The molecular weight excluding hydrogens is 503 g/mol. The van der Waals surface area contributed by atoms with Crippen LogP contribution in [-0.4, -0.2) is 48.3 Å². The van der Waals surface area contributed by atoms with Crippen LogP contribution in [0.4, 0.5) is 41.2 Å². The first kappa shape index (κ1) is 24.0. The molecule has 2 unspecified atom stereocenters. The van der Waals surface area contributed by atoms with Gasteiger partial charge in [0.05, 0.1) is 11.5 Å². The van der Waals surface area contributed by atoms with E-state index in [2.05, 4.69) is 25.7 Å². The molecule has 3 heterocycles. The molecule has 1 aliphatic heterocycles. The number of benzene rings is 1. The van der Waals surface area contributed by atoms with Crippen molar-refractivity contribution in [3.05, 3.63) is 47.7 Å². The first-order chi connectivity index (χ1) is 16.8. The van der Waals surface area contributed by atoms with Crippen LogP contribution in [0.3, 0.4) is 0 Å². The Kier molecular flexibility index (Phi) is 5.26. The van der Waals surface area contributed by atoms with E-state index in [-0.39, 0.29) is 30.3 Å². The van der Waals surface area contributed by atoms with Crippen molar-refractivity contribution in [2.24, 2.45) is 5.92 Å². The van der Waals surface area contributed by atoms with Crippen LogP contribution in [0.5, 0.6) is 0 Å². The van der Waals surface area contributed by atoms with Gasteiger partial charge in [-0.15, -0.1) is 20.1 Å². The van der Waals surface area contributed by atoms with Crippen molar-refractivity contribution in [1.82, 2.24) is 30.1 Å². The number of hydrogen-bond acceptors (Lipinski definition) is 6. The van der Waals surface area contributed by atoms with Crippen molar-refractivity contribution in [1.29, 1.82) is 0 Å². The summed E-state index contributed by atoms with van der Waals surface area (Å²) in [7, 11) is 0. The van der Waals surface area contributed by atoms with Gasteiger partial charge in [0, 0.05) is 25.1 Å². The van der Waals surface area contributed by atoms with Crippen LogP contribution in [0, 0.1) is 18.8 Å². The van der Waals surface area contributed by atoms with Gasteiger partial charge in [-0.2, -0.15) is 35.8 Å². The number of rotatable bonds is 3. The third-order valence-corrected chi connectivity index (χ3v) is 6.38. The van der Waals surface area contributed by atoms with Crippen molar-refractivity contribution >= 4 is 11.7 Å². The molecule has 1 aromatic carbocycles. The predicted molar refractivity (Wildman–Crippen MR) is 105 cm³/mol. The third kappa shape index (κ3) is 3.93. The first-order valence-corrected chi connectivity index (χ1v) is 10.5. The Hall–Kier alpha value is -3.72. The number of aryl methyl sites for hydroxylation is 1. The maximum atomic E-state index is 13.5. The molecule has 2 fully saturated rings. The molecule has 1 saturated carbocycles. The van der Waals surface area contributed by atoms with E-state index in [0.29, 0.717) is 17.1 Å². The minimum atomic E-state index is -4.84. The number of amides is 2. The fourth-order valence-electron chi connectivity index (χ4n) is 4.94. The van der Waals surface area contributed by atoms with E-state index in [9.17, 15) is 35.5 Å². The number of nitrogens with zero attached hydrogens (tertiary/aromatic N) is 6. The normalized spacial score (nSPS) is 23.9. The van der Waals surface area contributed by atoms with Crippen molar-refractivity contribution in [3.8, 4) is 5.69 Å². The van der Waals surface area contributed by atoms with E-state index >= 15 is 0 Å². The topological polar surface area (TPSA) is 102 Å². The number of piperidine rings is 1. The maximum Gasteiger partial charge on any atom is 0.418 e. The van der Waals surface area contributed by atoms with E-state index < -0.39 is 59.5 Å². The summed E-state index contributed by atoms with van der Waals surface area (Å²) in [6.45, 7) is 1.45. The number of urea groups is 1. The number of carbonyl (C=O) groups is 1. The van der Waals surface area contributed by atoms with Gasteiger partial charge in [0.2, 0.25) is 11.8 Å². The number of nitrogens with one attached hydrogen (secondary N) is 1. The summed E-state index contributed by atoms with van der Waals surface area (Å²) in [6, 6.07) is 0.820. The molecule has 36 heavy (non-hydrogen) atoms. The molecule has 1 N–H and O–H groups in total. The van der Waals surface area contributed by atoms with Gasteiger partial charge in [-0.25, -0.2) is 4.79 Å². The highest BCUT2D eigenvalue weighted by molar-refractivity contribution is 5.91. The number of hydrogen-bond donors (Lipinski definition) is 1. The van der Waals surface area contributed by atoms with Crippen LogP contribution in [0.2, 0.25) is 0 Å². The molecule has 1 aliphatic carbocycles. The third-order valence-electron chi connectivity index (χ3n) is 6.38. The molecule has 2 amide bonds. The molecule has 2 bridgehead atoms. The summed E-state index contributed by atoms with van der Waals surface area (Å²) in [5, 5.41) is 16.6. The molecule has 0 spiro atoms. The lowest BCUT2D eigenvalue weighted by Crippen LogP contribution is -2.71. The number of aromatic nitrogens is 5. The highest BCUT2D eigenvalue weighted by Gasteiger charge is 2.66. The zero-order chi connectivity index (χ0) is 26.0. The molecule has 2 aromatic heterocycles. The second-order valence-electron chi connectivity index (χ2n) is 8.68. The molecule has 192 valence electrons. The van der Waals surface area contributed by atoms with E-state index in [4.69, 9.17) is 4.42 Å². The summed E-state index contributed by atoms with van der Waals surface area (Å²) in [5.41, 5.74) is -3.51. The molecule has 9 nitrogen and oxygen atoms in total. The smallest absolute Gasteiger partial charge is 0.418 e. The number of carbonyl (C=O) groups excluding carboxylic acids is 1. The van der Waals surface area contributed by atoms with E-state index in [1.54, 1.807) is 0 Å². The average Bonchev–Trinajstić information content (AvgIpc) is 3.40. The van der Waals surface area contributed by atoms with E-state index in [1.807, 2.05) is 0 Å². The second kappa shape index (κ2) is 7.89. The van der Waals surface area contributed by atoms with Gasteiger partial charge in [-0.3, -0.25) is 0 Å². The number of alkyl halides is 6. The Balaban J connectivity index is 1.47. The summed E-state index contributed by atoms with van der Waals surface area (Å²) < 4.78 is 99.7. The monoisotopic (exact) mass is 519 g/mol.